The van der Waals surface area contributed by atoms with Gasteiger partial charge in [-0.05, 0) is 87.9 Å². The number of hydrogen-bond acceptors (Lipinski definition) is 11. The Morgan fingerprint density at radius 3 is 2.69 bits per heavy atom. The molecule has 9 rings (SSSR count). The number of carbonyl (C=O) groups excluding carboxylic acids is 1. The lowest BCUT2D eigenvalue weighted by Crippen LogP contribution is -2.53. The van der Waals surface area contributed by atoms with Crippen LogP contribution in [0.15, 0.2) is 24.3 Å². The molecular formula is C44H50F2N6O6. The summed E-state index contributed by atoms with van der Waals surface area (Å²) in [4.78, 5) is 33.5. The number of methoxy groups -OCH3 is 1. The van der Waals surface area contributed by atoms with Crippen molar-refractivity contribution in [2.45, 2.75) is 69.9 Å². The van der Waals surface area contributed by atoms with Crippen LogP contribution in [0.2, 0.25) is 0 Å². The zero-order valence-electron chi connectivity index (χ0n) is 33.1. The van der Waals surface area contributed by atoms with Crippen molar-refractivity contribution in [3.63, 3.8) is 0 Å². The van der Waals surface area contributed by atoms with Gasteiger partial charge in [-0.15, -0.1) is 6.42 Å². The van der Waals surface area contributed by atoms with Crippen LogP contribution in [0.25, 0.3) is 32.9 Å². The van der Waals surface area contributed by atoms with Gasteiger partial charge in [-0.1, -0.05) is 18.4 Å². The predicted molar refractivity (Wildman–Crippen MR) is 214 cm³/mol. The summed E-state index contributed by atoms with van der Waals surface area (Å²) in [7, 11) is 1.40. The van der Waals surface area contributed by atoms with Crippen LogP contribution in [0.1, 0.15) is 63.9 Å². The zero-order valence-corrected chi connectivity index (χ0v) is 33.1. The number of pyridine rings is 1. The average molecular weight is 797 g/mol. The standard InChI is InChI=1S/C44H50F2N6O6/c1-4-30-32(45)11-10-28-19-29(53)20-31(34(28)30)37-36(46)38-35(40(47-37)56-3)39(52-17-18-57-24-43(2,55)23-52)49-42(48-38)58-25-44-13-5-7-33(44)50(15-6-14-44)21-26-12-16-51(22-26)41(54)27-8-9-27/h1,10-11,19-20,26-27,33,53,55H,5-9,12-18,21-25H2,2-3H3/t26-,33?,43-,44+/m0/s1. The third kappa shape index (κ3) is 7.05. The Morgan fingerprint density at radius 1 is 1.07 bits per heavy atom. The molecular weight excluding hydrogens is 747 g/mol. The minimum absolute atomic E-state index is 0.0189. The summed E-state index contributed by atoms with van der Waals surface area (Å²) >= 11 is 0. The molecule has 2 saturated carbocycles. The van der Waals surface area contributed by atoms with Crippen molar-refractivity contribution >= 4 is 33.4 Å². The molecule has 0 bridgehead atoms. The second-order valence-electron chi connectivity index (χ2n) is 17.3. The highest BCUT2D eigenvalue weighted by Gasteiger charge is 2.49. The van der Waals surface area contributed by atoms with Gasteiger partial charge in [-0.25, -0.2) is 13.8 Å². The number of likely N-dealkylation sites (tertiary alicyclic amines) is 2. The molecule has 3 aliphatic heterocycles. The number of amides is 1. The smallest absolute Gasteiger partial charge is 0.319 e. The number of phenols is 1. The fraction of sp³-hybridized carbons (Fsp3) is 0.545. The molecule has 5 heterocycles. The summed E-state index contributed by atoms with van der Waals surface area (Å²) in [6.45, 7) is 6.42. The number of hydrogen-bond donors (Lipinski definition) is 2. The van der Waals surface area contributed by atoms with E-state index in [1.54, 1.807) is 11.8 Å². The topological polar surface area (TPSA) is 134 Å². The van der Waals surface area contributed by atoms with Gasteiger partial charge in [0.25, 0.3) is 0 Å². The summed E-state index contributed by atoms with van der Waals surface area (Å²) in [5.41, 5.74) is -1.86. The zero-order chi connectivity index (χ0) is 40.3. The fourth-order valence-corrected chi connectivity index (χ4v) is 10.2. The maximum Gasteiger partial charge on any atom is 0.319 e. The lowest BCUT2D eigenvalue weighted by Gasteiger charge is -2.47. The van der Waals surface area contributed by atoms with Gasteiger partial charge in [-0.2, -0.15) is 9.97 Å². The number of carbonyl (C=O) groups is 1. The first-order chi connectivity index (χ1) is 28.0. The quantitative estimate of drug-likeness (QED) is 0.203. The molecule has 4 aromatic rings. The number of aromatic nitrogens is 3. The molecule has 4 atom stereocenters. The maximum absolute atomic E-state index is 17.4. The summed E-state index contributed by atoms with van der Waals surface area (Å²) in [5.74, 6) is 1.90. The molecule has 2 N–H and O–H groups in total. The average Bonchev–Trinajstić information content (AvgIpc) is 3.85. The van der Waals surface area contributed by atoms with E-state index in [1.165, 1.54) is 31.4 Å². The lowest BCUT2D eigenvalue weighted by atomic mass is 9.75. The Balaban J connectivity index is 1.10. The normalized spacial score (nSPS) is 26.5. The van der Waals surface area contributed by atoms with Gasteiger partial charge < -0.3 is 34.2 Å². The molecule has 2 aliphatic carbocycles. The number of phenolic OH excluding ortho intramolecular Hbond substituents is 1. The Bertz CT molecular complexity index is 2310. The number of β-amino-alcohol motifs (C(OH)–C–C–N with tert-alkyl or cyclic N) is 1. The Hall–Kier alpha value is -4.84. The van der Waals surface area contributed by atoms with Crippen molar-refractivity contribution in [2.75, 3.05) is 71.1 Å². The Morgan fingerprint density at radius 2 is 1.90 bits per heavy atom. The molecule has 12 nitrogen and oxygen atoms in total. The third-order valence-electron chi connectivity index (χ3n) is 13.0. The molecule has 2 aromatic heterocycles. The van der Waals surface area contributed by atoms with Crippen LogP contribution in [0.4, 0.5) is 14.6 Å². The molecule has 1 unspecified atom stereocenters. The fourth-order valence-electron chi connectivity index (χ4n) is 10.2. The number of anilines is 1. The van der Waals surface area contributed by atoms with Gasteiger partial charge >= 0.3 is 6.01 Å². The number of terminal acetylenes is 1. The highest BCUT2D eigenvalue weighted by molar-refractivity contribution is 6.04. The maximum atomic E-state index is 17.4. The Kier molecular flexibility index (Phi) is 10.1. The highest BCUT2D eigenvalue weighted by Crippen LogP contribution is 2.49. The van der Waals surface area contributed by atoms with Gasteiger partial charge in [0.05, 0.1) is 39.0 Å². The van der Waals surface area contributed by atoms with E-state index < -0.39 is 17.2 Å². The molecule has 306 valence electrons. The van der Waals surface area contributed by atoms with Crippen molar-refractivity contribution in [3.8, 4) is 41.2 Å². The molecule has 3 saturated heterocycles. The van der Waals surface area contributed by atoms with E-state index in [-0.39, 0.29) is 87.7 Å². The van der Waals surface area contributed by atoms with Crippen molar-refractivity contribution in [1.82, 2.24) is 24.8 Å². The number of ether oxygens (including phenoxy) is 3. The third-order valence-corrected chi connectivity index (χ3v) is 13.0. The first-order valence-electron chi connectivity index (χ1n) is 20.6. The SMILES string of the molecule is C#Cc1c(F)ccc2cc(O)cc(-c3nc(OC)c4c(N5CCOC[C@@](C)(O)C5)nc(OC[C@]56CCCC5N(C[C@@H]5CCN(C(=O)C7CC7)C5)CCC6)nc4c3F)c12. The molecule has 5 fully saturated rings. The second-order valence-corrected chi connectivity index (χ2v) is 17.3. The summed E-state index contributed by atoms with van der Waals surface area (Å²) in [6, 6.07) is 5.65. The number of rotatable bonds is 9. The van der Waals surface area contributed by atoms with E-state index in [0.717, 1.165) is 77.5 Å². The van der Waals surface area contributed by atoms with E-state index in [1.807, 2.05) is 0 Å². The number of fused-ring (bicyclic) bond motifs is 3. The first-order valence-corrected chi connectivity index (χ1v) is 20.6. The van der Waals surface area contributed by atoms with Crippen LogP contribution in [-0.4, -0.2) is 119 Å². The summed E-state index contributed by atoms with van der Waals surface area (Å²) in [5, 5.41) is 22.7. The van der Waals surface area contributed by atoms with Crippen LogP contribution in [0.3, 0.4) is 0 Å². The molecule has 1 amide bonds. The van der Waals surface area contributed by atoms with Crippen LogP contribution in [-0.2, 0) is 9.53 Å². The summed E-state index contributed by atoms with van der Waals surface area (Å²) < 4.78 is 50.7. The number of nitrogens with zero attached hydrogens (tertiary/aromatic N) is 6. The van der Waals surface area contributed by atoms with Crippen LogP contribution >= 0.6 is 0 Å². The minimum Gasteiger partial charge on any atom is -0.508 e. The monoisotopic (exact) mass is 796 g/mol. The number of piperidine rings is 1. The van der Waals surface area contributed by atoms with E-state index in [2.05, 4.69) is 20.7 Å². The van der Waals surface area contributed by atoms with Crippen molar-refractivity contribution < 1.29 is 38.0 Å². The van der Waals surface area contributed by atoms with Crippen LogP contribution in [0, 0.1) is 41.2 Å². The van der Waals surface area contributed by atoms with Gasteiger partial charge in [-0.3, -0.25) is 9.69 Å². The molecule has 58 heavy (non-hydrogen) atoms. The molecule has 0 spiro atoms. The van der Waals surface area contributed by atoms with E-state index in [0.29, 0.717) is 36.4 Å². The van der Waals surface area contributed by atoms with Crippen molar-refractivity contribution in [1.29, 1.82) is 0 Å². The van der Waals surface area contributed by atoms with Gasteiger partial charge in [0, 0.05) is 54.5 Å². The van der Waals surface area contributed by atoms with Crippen LogP contribution < -0.4 is 14.4 Å². The van der Waals surface area contributed by atoms with E-state index in [4.69, 9.17) is 30.6 Å². The van der Waals surface area contributed by atoms with Crippen LogP contribution in [0.5, 0.6) is 17.6 Å². The highest BCUT2D eigenvalue weighted by atomic mass is 19.1. The molecule has 0 radical (unpaired) electrons. The molecule has 2 aromatic carbocycles. The number of aromatic hydroxyl groups is 1. The largest absolute Gasteiger partial charge is 0.508 e. The van der Waals surface area contributed by atoms with Crippen molar-refractivity contribution in [3.05, 3.63) is 41.5 Å². The first kappa shape index (κ1) is 38.7. The summed E-state index contributed by atoms with van der Waals surface area (Å²) in [6.07, 6.45) is 13.9. The number of halogens is 2. The van der Waals surface area contributed by atoms with Crippen molar-refractivity contribution in [2.24, 2.45) is 17.3 Å². The Labute approximate surface area is 336 Å². The second kappa shape index (κ2) is 15.1. The predicted octanol–water partition coefficient (Wildman–Crippen LogP) is 5.68. The van der Waals surface area contributed by atoms with Gasteiger partial charge in [0.1, 0.15) is 39.6 Å². The van der Waals surface area contributed by atoms with Gasteiger partial charge in [0.2, 0.25) is 11.8 Å². The lowest BCUT2D eigenvalue weighted by molar-refractivity contribution is -0.131. The number of aliphatic hydroxyl groups is 1. The van der Waals surface area contributed by atoms with E-state index >= 15 is 8.78 Å². The molecule has 5 aliphatic rings. The number of benzene rings is 2. The minimum atomic E-state index is -1.26. The van der Waals surface area contributed by atoms with Gasteiger partial charge in [0.15, 0.2) is 5.82 Å². The molecule has 14 heteroatoms. The van der Waals surface area contributed by atoms with E-state index in [9.17, 15) is 15.0 Å².